The van der Waals surface area contributed by atoms with Crippen LogP contribution in [-0.4, -0.2) is 48.0 Å². The van der Waals surface area contributed by atoms with E-state index in [1.54, 1.807) is 12.5 Å². The number of carbonyl (C=O) groups is 1. The fraction of sp³-hybridized carbons (Fsp3) is 0.323. The van der Waals surface area contributed by atoms with E-state index in [1.807, 2.05) is 36.4 Å². The molecule has 0 bridgehead atoms. The lowest BCUT2D eigenvalue weighted by atomic mass is 10.1. The summed E-state index contributed by atoms with van der Waals surface area (Å²) in [5.74, 6) is 0.0766. The summed E-state index contributed by atoms with van der Waals surface area (Å²) in [6.07, 6.45) is 11.5. The fourth-order valence-corrected chi connectivity index (χ4v) is 5.28. The largest absolute Gasteiger partial charge is 0.482 e. The third-order valence-corrected chi connectivity index (χ3v) is 7.18. The van der Waals surface area contributed by atoms with Gasteiger partial charge in [0.15, 0.2) is 0 Å². The van der Waals surface area contributed by atoms with Crippen LogP contribution < -0.4 is 4.90 Å². The standard InChI is InChI=1S/C31H33N3O3/c1-3-29(33-17-15-32(16-18-33)22-24-14-19-36-23-24)30(31(35)34(4-2)27-12-6-5-7-13-27)37-28-20-25-10-8-9-11-26(25)21-28/h2,5-14,19,23,28H,3,15-18,20-22H2,1H3/b30-29-. The highest BCUT2D eigenvalue weighted by atomic mass is 16.5. The third kappa shape index (κ3) is 5.58. The van der Waals surface area contributed by atoms with E-state index < -0.39 is 0 Å². The number of piperazine rings is 1. The third-order valence-electron chi connectivity index (χ3n) is 7.18. The summed E-state index contributed by atoms with van der Waals surface area (Å²) in [5, 5.41) is 0. The van der Waals surface area contributed by atoms with Gasteiger partial charge in [-0.25, -0.2) is 4.90 Å². The van der Waals surface area contributed by atoms with E-state index in [0.29, 0.717) is 17.9 Å². The van der Waals surface area contributed by atoms with E-state index in [4.69, 9.17) is 15.6 Å². The number of hydrogen-bond acceptors (Lipinski definition) is 5. The number of fused-ring (bicyclic) bond motifs is 1. The maximum Gasteiger partial charge on any atom is 0.306 e. The lowest BCUT2D eigenvalue weighted by molar-refractivity contribution is -0.119. The first kappa shape index (κ1) is 24.7. The number of hydrogen-bond donors (Lipinski definition) is 0. The van der Waals surface area contributed by atoms with Gasteiger partial charge >= 0.3 is 5.91 Å². The van der Waals surface area contributed by atoms with Crippen molar-refractivity contribution in [3.8, 4) is 12.5 Å². The number of carbonyl (C=O) groups excluding carboxylic acids is 1. The van der Waals surface area contributed by atoms with Crippen LogP contribution in [0.3, 0.4) is 0 Å². The van der Waals surface area contributed by atoms with Crippen molar-refractivity contribution in [2.75, 3.05) is 31.1 Å². The minimum atomic E-state index is -0.290. The van der Waals surface area contributed by atoms with Gasteiger partial charge in [0.1, 0.15) is 6.10 Å². The smallest absolute Gasteiger partial charge is 0.306 e. The van der Waals surface area contributed by atoms with Gasteiger partial charge in [0, 0.05) is 57.2 Å². The topological polar surface area (TPSA) is 49.2 Å². The van der Waals surface area contributed by atoms with Crippen molar-refractivity contribution in [3.05, 3.63) is 101 Å². The van der Waals surface area contributed by atoms with E-state index in [1.165, 1.54) is 21.6 Å². The summed E-state index contributed by atoms with van der Waals surface area (Å²) in [4.78, 5) is 20.1. The zero-order chi connectivity index (χ0) is 25.6. The van der Waals surface area contributed by atoms with Crippen LogP contribution in [-0.2, 0) is 28.9 Å². The van der Waals surface area contributed by atoms with Gasteiger partial charge in [0.25, 0.3) is 0 Å². The molecule has 1 fully saturated rings. The zero-order valence-electron chi connectivity index (χ0n) is 21.3. The summed E-state index contributed by atoms with van der Waals surface area (Å²) in [6.45, 7) is 6.35. The number of allylic oxidation sites excluding steroid dienone is 1. The predicted octanol–water partition coefficient (Wildman–Crippen LogP) is 4.83. The molecule has 2 aromatic carbocycles. The lowest BCUT2D eigenvalue weighted by Gasteiger charge is -2.38. The molecular formula is C31H33N3O3. The van der Waals surface area contributed by atoms with Crippen LogP contribution in [0.2, 0.25) is 0 Å². The molecule has 5 rings (SSSR count). The summed E-state index contributed by atoms with van der Waals surface area (Å²) in [6, 6.07) is 22.3. The van der Waals surface area contributed by atoms with Crippen molar-refractivity contribution in [1.29, 1.82) is 0 Å². The van der Waals surface area contributed by atoms with Crippen molar-refractivity contribution in [1.82, 2.24) is 9.80 Å². The molecule has 1 aromatic heterocycles. The van der Waals surface area contributed by atoms with Crippen molar-refractivity contribution in [2.45, 2.75) is 38.8 Å². The molecule has 0 unspecified atom stereocenters. The van der Waals surface area contributed by atoms with Crippen molar-refractivity contribution in [3.63, 3.8) is 0 Å². The number of nitrogens with zero attached hydrogens (tertiary/aromatic N) is 3. The molecule has 190 valence electrons. The minimum absolute atomic E-state index is 0.101. The maximum atomic E-state index is 14.0. The summed E-state index contributed by atoms with van der Waals surface area (Å²) >= 11 is 0. The van der Waals surface area contributed by atoms with E-state index in [9.17, 15) is 4.79 Å². The number of furan rings is 1. The molecule has 0 saturated carbocycles. The van der Waals surface area contributed by atoms with Crippen molar-refractivity contribution < 1.29 is 13.9 Å². The molecule has 3 aromatic rings. The van der Waals surface area contributed by atoms with Crippen LogP contribution in [0.15, 0.2) is 89.1 Å². The number of amides is 1. The van der Waals surface area contributed by atoms with Gasteiger partial charge in [-0.3, -0.25) is 9.69 Å². The van der Waals surface area contributed by atoms with E-state index in [2.05, 4.69) is 47.0 Å². The number of rotatable bonds is 8. The first-order chi connectivity index (χ1) is 18.2. The average Bonchev–Trinajstić information content (AvgIpc) is 3.60. The number of anilines is 1. The number of ether oxygens (including phenoxy) is 1. The van der Waals surface area contributed by atoms with Gasteiger partial charge in [-0.05, 0) is 35.7 Å². The molecule has 1 aliphatic carbocycles. The molecule has 0 radical (unpaired) electrons. The first-order valence-corrected chi connectivity index (χ1v) is 13.0. The number of terminal acetylenes is 1. The molecule has 1 aliphatic heterocycles. The Morgan fingerprint density at radius 2 is 1.70 bits per heavy atom. The van der Waals surface area contributed by atoms with Gasteiger partial charge in [-0.15, -0.1) is 0 Å². The molecule has 1 amide bonds. The Kier molecular flexibility index (Phi) is 7.62. The quantitative estimate of drug-likeness (QED) is 0.194. The molecule has 0 atom stereocenters. The monoisotopic (exact) mass is 495 g/mol. The molecule has 0 spiro atoms. The highest BCUT2D eigenvalue weighted by Crippen LogP contribution is 2.29. The average molecular weight is 496 g/mol. The Balaban J connectivity index is 1.40. The van der Waals surface area contributed by atoms with Crippen LogP contribution in [0.1, 0.15) is 30.0 Å². The summed E-state index contributed by atoms with van der Waals surface area (Å²) in [5.41, 5.74) is 5.31. The van der Waals surface area contributed by atoms with Crippen LogP contribution in [0, 0.1) is 12.5 Å². The fourth-order valence-electron chi connectivity index (χ4n) is 5.28. The second-order valence-corrected chi connectivity index (χ2v) is 9.55. The normalized spacial score (nSPS) is 16.6. The van der Waals surface area contributed by atoms with Gasteiger partial charge in [-0.1, -0.05) is 55.8 Å². The minimum Gasteiger partial charge on any atom is -0.482 e. The highest BCUT2D eigenvalue weighted by molar-refractivity contribution is 6.06. The van der Waals surface area contributed by atoms with Gasteiger partial charge in [0.05, 0.1) is 23.9 Å². The predicted molar refractivity (Wildman–Crippen MR) is 144 cm³/mol. The molecule has 0 N–H and O–H groups in total. The molecular weight excluding hydrogens is 462 g/mol. The summed E-state index contributed by atoms with van der Waals surface area (Å²) < 4.78 is 11.8. The van der Waals surface area contributed by atoms with E-state index in [-0.39, 0.29) is 12.0 Å². The van der Waals surface area contributed by atoms with Crippen LogP contribution in [0.5, 0.6) is 0 Å². The first-order valence-electron chi connectivity index (χ1n) is 13.0. The number of para-hydroxylation sites is 1. The Bertz CT molecular complexity index is 1240. The van der Waals surface area contributed by atoms with Gasteiger partial charge < -0.3 is 14.1 Å². The van der Waals surface area contributed by atoms with Crippen LogP contribution in [0.4, 0.5) is 5.69 Å². The van der Waals surface area contributed by atoms with Crippen molar-refractivity contribution >= 4 is 11.6 Å². The number of benzene rings is 2. The zero-order valence-corrected chi connectivity index (χ0v) is 21.3. The van der Waals surface area contributed by atoms with E-state index >= 15 is 0 Å². The highest BCUT2D eigenvalue weighted by Gasteiger charge is 2.32. The lowest BCUT2D eigenvalue weighted by Crippen LogP contribution is -2.46. The second-order valence-electron chi connectivity index (χ2n) is 9.55. The molecule has 6 nitrogen and oxygen atoms in total. The Morgan fingerprint density at radius 1 is 1.03 bits per heavy atom. The van der Waals surface area contributed by atoms with Gasteiger partial charge in [-0.2, -0.15) is 0 Å². The molecule has 37 heavy (non-hydrogen) atoms. The van der Waals surface area contributed by atoms with E-state index in [0.717, 1.165) is 51.3 Å². The van der Waals surface area contributed by atoms with Crippen LogP contribution in [0.25, 0.3) is 0 Å². The SMILES string of the molecule is C#CN(C(=O)/C(OC1Cc2ccccc2C1)=C(\CC)N1CCN(Cc2ccoc2)CC1)c1ccccc1. The van der Waals surface area contributed by atoms with Gasteiger partial charge in [0.2, 0.25) is 5.76 Å². The Morgan fingerprint density at radius 3 is 2.30 bits per heavy atom. The second kappa shape index (κ2) is 11.4. The summed E-state index contributed by atoms with van der Waals surface area (Å²) in [7, 11) is 0. The van der Waals surface area contributed by atoms with Crippen LogP contribution >= 0.6 is 0 Å². The Hall–Kier alpha value is -3.95. The maximum absolute atomic E-state index is 14.0. The van der Waals surface area contributed by atoms with Crippen molar-refractivity contribution in [2.24, 2.45) is 0 Å². The molecule has 1 saturated heterocycles. The molecule has 2 aliphatic rings. The Labute approximate surface area is 219 Å². The molecule has 2 heterocycles. The molecule has 6 heteroatoms.